The molecule has 0 saturated heterocycles. The molecule has 104 valence electrons. The molecule has 0 aliphatic heterocycles. The smallest absolute Gasteiger partial charge is 0.269 e. The van der Waals surface area contributed by atoms with Gasteiger partial charge in [-0.1, -0.05) is 39.1 Å². The van der Waals surface area contributed by atoms with Crippen LogP contribution in [-0.2, 0) is 6.61 Å². The van der Waals surface area contributed by atoms with Gasteiger partial charge in [0.15, 0.2) is 0 Å². The first-order valence-corrected chi connectivity index (χ1v) is 7.03. The lowest BCUT2D eigenvalue weighted by Crippen LogP contribution is -1.98. The summed E-state index contributed by atoms with van der Waals surface area (Å²) in [5.74, 6) is 0.476. The molecule has 0 amide bonds. The summed E-state index contributed by atoms with van der Waals surface area (Å²) in [6.07, 6.45) is 0. The van der Waals surface area contributed by atoms with Gasteiger partial charge in [0, 0.05) is 27.2 Å². The van der Waals surface area contributed by atoms with Gasteiger partial charge in [-0.25, -0.2) is 0 Å². The number of halogens is 3. The van der Waals surface area contributed by atoms with Crippen LogP contribution in [0.25, 0.3) is 0 Å². The van der Waals surface area contributed by atoms with E-state index in [9.17, 15) is 10.1 Å². The first-order chi connectivity index (χ1) is 9.47. The lowest BCUT2D eigenvalue weighted by Gasteiger charge is -2.09. The average Bonchev–Trinajstić information content (AvgIpc) is 2.41. The lowest BCUT2D eigenvalue weighted by atomic mass is 10.2. The van der Waals surface area contributed by atoms with E-state index in [0.717, 1.165) is 4.47 Å². The quantitative estimate of drug-likeness (QED) is 0.541. The highest BCUT2D eigenvalue weighted by molar-refractivity contribution is 9.10. The summed E-state index contributed by atoms with van der Waals surface area (Å²) in [5.41, 5.74) is 0.491. The first kappa shape index (κ1) is 15.1. The third-order valence-corrected chi connectivity index (χ3v) is 3.69. The molecule has 20 heavy (non-hydrogen) atoms. The summed E-state index contributed by atoms with van der Waals surface area (Å²) < 4.78 is 6.37. The Labute approximate surface area is 133 Å². The number of nitro benzene ring substituents is 1. The van der Waals surface area contributed by atoms with Gasteiger partial charge in [-0.15, -0.1) is 0 Å². The van der Waals surface area contributed by atoms with Crippen LogP contribution in [0.5, 0.6) is 5.75 Å². The number of hydrogen-bond acceptors (Lipinski definition) is 3. The molecule has 0 aliphatic carbocycles. The van der Waals surface area contributed by atoms with E-state index in [2.05, 4.69) is 15.9 Å². The standard InChI is InChI=1S/C13H8BrCl2NO3/c14-9-1-3-12(16)13(6-9)20-7-8-5-10(17(18)19)2-4-11(8)15/h1-6H,7H2. The number of ether oxygens (including phenoxy) is 1. The van der Waals surface area contributed by atoms with Crippen molar-refractivity contribution in [3.8, 4) is 5.75 Å². The van der Waals surface area contributed by atoms with Crippen molar-refractivity contribution in [1.82, 2.24) is 0 Å². The highest BCUT2D eigenvalue weighted by Crippen LogP contribution is 2.30. The van der Waals surface area contributed by atoms with Crippen molar-refractivity contribution in [3.63, 3.8) is 0 Å². The van der Waals surface area contributed by atoms with E-state index in [-0.39, 0.29) is 12.3 Å². The highest BCUT2D eigenvalue weighted by atomic mass is 79.9. The van der Waals surface area contributed by atoms with Gasteiger partial charge in [-0.3, -0.25) is 10.1 Å². The van der Waals surface area contributed by atoms with Crippen LogP contribution in [0.1, 0.15) is 5.56 Å². The van der Waals surface area contributed by atoms with Crippen LogP contribution in [-0.4, -0.2) is 4.92 Å². The zero-order valence-corrected chi connectivity index (χ0v) is 13.1. The molecule has 0 aliphatic rings. The van der Waals surface area contributed by atoms with E-state index in [1.807, 2.05) is 0 Å². The van der Waals surface area contributed by atoms with Crippen LogP contribution in [0.2, 0.25) is 10.0 Å². The monoisotopic (exact) mass is 375 g/mol. The summed E-state index contributed by atoms with van der Waals surface area (Å²) >= 11 is 15.3. The maximum absolute atomic E-state index is 10.7. The van der Waals surface area contributed by atoms with Crippen LogP contribution >= 0.6 is 39.1 Å². The molecular weight excluding hydrogens is 369 g/mol. The SMILES string of the molecule is O=[N+]([O-])c1ccc(Cl)c(COc2cc(Br)ccc2Cl)c1. The molecule has 0 fully saturated rings. The maximum Gasteiger partial charge on any atom is 0.269 e. The summed E-state index contributed by atoms with van der Waals surface area (Å²) in [6, 6.07) is 9.40. The molecule has 2 aromatic carbocycles. The minimum absolute atomic E-state index is 0.0339. The number of benzene rings is 2. The van der Waals surface area contributed by atoms with Crippen molar-refractivity contribution in [1.29, 1.82) is 0 Å². The third kappa shape index (κ3) is 3.62. The third-order valence-electron chi connectivity index (χ3n) is 2.52. The van der Waals surface area contributed by atoms with E-state index >= 15 is 0 Å². The predicted octanol–water partition coefficient (Wildman–Crippen LogP) is 5.24. The average molecular weight is 377 g/mol. The van der Waals surface area contributed by atoms with E-state index in [4.69, 9.17) is 27.9 Å². The second-order valence-corrected chi connectivity index (χ2v) is 5.63. The van der Waals surface area contributed by atoms with Gasteiger partial charge in [0.1, 0.15) is 12.4 Å². The van der Waals surface area contributed by atoms with Gasteiger partial charge in [0.2, 0.25) is 0 Å². The summed E-state index contributed by atoms with van der Waals surface area (Å²) in [7, 11) is 0. The van der Waals surface area contributed by atoms with E-state index in [0.29, 0.717) is 21.4 Å². The van der Waals surface area contributed by atoms with Gasteiger partial charge in [0.25, 0.3) is 5.69 Å². The molecule has 0 unspecified atom stereocenters. The molecule has 4 nitrogen and oxygen atoms in total. The maximum atomic E-state index is 10.7. The van der Waals surface area contributed by atoms with Crippen molar-refractivity contribution in [2.45, 2.75) is 6.61 Å². The fourth-order valence-corrected chi connectivity index (χ4v) is 2.21. The Bertz CT molecular complexity index is 664. The molecule has 0 heterocycles. The zero-order chi connectivity index (χ0) is 14.7. The lowest BCUT2D eigenvalue weighted by molar-refractivity contribution is -0.384. The van der Waals surface area contributed by atoms with Gasteiger partial charge in [-0.2, -0.15) is 0 Å². The van der Waals surface area contributed by atoms with Crippen molar-refractivity contribution < 1.29 is 9.66 Å². The molecule has 0 bridgehead atoms. The molecular formula is C13H8BrCl2NO3. The summed E-state index contributed by atoms with van der Waals surface area (Å²) in [5, 5.41) is 11.6. The highest BCUT2D eigenvalue weighted by Gasteiger charge is 2.11. The molecule has 2 aromatic rings. The Morgan fingerprint density at radius 2 is 1.85 bits per heavy atom. The van der Waals surface area contributed by atoms with Crippen LogP contribution in [0.15, 0.2) is 40.9 Å². The number of nitrogens with zero attached hydrogens (tertiary/aromatic N) is 1. The van der Waals surface area contributed by atoms with Crippen molar-refractivity contribution in [2.24, 2.45) is 0 Å². The van der Waals surface area contributed by atoms with Crippen LogP contribution in [0, 0.1) is 10.1 Å². The Hall–Kier alpha value is -1.30. The molecule has 0 saturated carbocycles. The van der Waals surface area contributed by atoms with E-state index < -0.39 is 4.92 Å². The summed E-state index contributed by atoms with van der Waals surface area (Å²) in [4.78, 5) is 10.3. The number of nitro groups is 1. The number of hydrogen-bond donors (Lipinski definition) is 0. The Balaban J connectivity index is 2.20. The largest absolute Gasteiger partial charge is 0.487 e. The van der Waals surface area contributed by atoms with Gasteiger partial charge in [0.05, 0.1) is 9.95 Å². The number of non-ortho nitro benzene ring substituents is 1. The minimum atomic E-state index is -0.480. The molecule has 7 heteroatoms. The second kappa shape index (κ2) is 6.43. The minimum Gasteiger partial charge on any atom is -0.487 e. The van der Waals surface area contributed by atoms with Crippen molar-refractivity contribution >= 4 is 44.8 Å². The van der Waals surface area contributed by atoms with Crippen LogP contribution in [0.4, 0.5) is 5.69 Å². The molecule has 0 N–H and O–H groups in total. The van der Waals surface area contributed by atoms with E-state index in [1.54, 1.807) is 18.2 Å². The first-order valence-electron chi connectivity index (χ1n) is 5.48. The van der Waals surface area contributed by atoms with Gasteiger partial charge < -0.3 is 4.74 Å². The molecule has 2 rings (SSSR count). The van der Waals surface area contributed by atoms with Crippen molar-refractivity contribution in [2.75, 3.05) is 0 Å². The predicted molar refractivity (Wildman–Crippen MR) is 81.6 cm³/mol. The molecule has 0 atom stereocenters. The topological polar surface area (TPSA) is 52.4 Å². The Morgan fingerprint density at radius 1 is 1.15 bits per heavy atom. The fourth-order valence-electron chi connectivity index (χ4n) is 1.53. The van der Waals surface area contributed by atoms with E-state index in [1.165, 1.54) is 18.2 Å². The van der Waals surface area contributed by atoms with Gasteiger partial charge >= 0.3 is 0 Å². The zero-order valence-electron chi connectivity index (χ0n) is 9.98. The molecule has 0 radical (unpaired) electrons. The molecule has 0 aromatic heterocycles. The number of rotatable bonds is 4. The van der Waals surface area contributed by atoms with Crippen molar-refractivity contribution in [3.05, 3.63) is 66.6 Å². The summed E-state index contributed by atoms with van der Waals surface area (Å²) in [6.45, 7) is 0.0939. The fraction of sp³-hybridized carbons (Fsp3) is 0.0769. The Kier molecular flexibility index (Phi) is 4.86. The Morgan fingerprint density at radius 3 is 2.55 bits per heavy atom. The second-order valence-electron chi connectivity index (χ2n) is 3.90. The normalized spacial score (nSPS) is 10.3. The van der Waals surface area contributed by atoms with Crippen LogP contribution in [0.3, 0.4) is 0 Å². The molecule has 0 spiro atoms. The van der Waals surface area contributed by atoms with Crippen LogP contribution < -0.4 is 4.74 Å². The van der Waals surface area contributed by atoms with Gasteiger partial charge in [-0.05, 0) is 24.3 Å².